The summed E-state index contributed by atoms with van der Waals surface area (Å²) in [4.78, 5) is 53.1. The van der Waals surface area contributed by atoms with Crippen LogP contribution in [0.4, 0.5) is 4.79 Å². The van der Waals surface area contributed by atoms with Crippen LogP contribution in [0.15, 0.2) is 42.7 Å². The summed E-state index contributed by atoms with van der Waals surface area (Å²) in [6, 6.07) is 9.67. The van der Waals surface area contributed by atoms with E-state index >= 15 is 0 Å². The van der Waals surface area contributed by atoms with Crippen LogP contribution in [0.1, 0.15) is 47.8 Å². The maximum Gasteiger partial charge on any atom is 0.325 e. The lowest BCUT2D eigenvalue weighted by atomic mass is 9.91. The second-order valence-corrected chi connectivity index (χ2v) is 10.5. The Labute approximate surface area is 205 Å². The molecule has 2 aromatic heterocycles. The molecule has 1 aliphatic heterocycles. The Hall–Kier alpha value is -3.93. The Morgan fingerprint density at radius 2 is 1.94 bits per heavy atom. The third-order valence-corrected chi connectivity index (χ3v) is 6.78. The van der Waals surface area contributed by atoms with Crippen molar-refractivity contribution in [1.82, 2.24) is 35.7 Å². The number of rotatable bonds is 7. The smallest absolute Gasteiger partial charge is 0.325 e. The lowest BCUT2D eigenvalue weighted by Gasteiger charge is -2.22. The van der Waals surface area contributed by atoms with Crippen molar-refractivity contribution in [2.24, 2.45) is 5.41 Å². The molecule has 1 aliphatic rings. The molecule has 35 heavy (non-hydrogen) atoms. The first kappa shape index (κ1) is 24.2. The Morgan fingerprint density at radius 1 is 1.17 bits per heavy atom. The number of imide groups is 1. The molecule has 0 radical (unpaired) electrons. The Balaban J connectivity index is 1.46. The molecule has 3 aromatic rings. The average Bonchev–Trinajstić information content (AvgIpc) is 3.55. The van der Waals surface area contributed by atoms with Gasteiger partial charge in [0.25, 0.3) is 5.91 Å². The highest BCUT2D eigenvalue weighted by molar-refractivity contribution is 7.14. The number of thiophene rings is 1. The van der Waals surface area contributed by atoms with Gasteiger partial charge in [-0.25, -0.2) is 9.48 Å². The summed E-state index contributed by atoms with van der Waals surface area (Å²) < 4.78 is 1.44. The standard InChI is InChI=1S/C23H25N7O4S/c1-22(2,3)19(32)24-11-16-8-9-18(35-16)17(31)12-29-20(33)23(4,26-21(29)34)14-6-5-7-15(10-14)30-13-25-27-28-30/h5-10,13H,11-12H2,1-4H3,(H,24,32)(H,26,34)/t23-/m1/s1. The van der Waals surface area contributed by atoms with Crippen LogP contribution in [0.2, 0.25) is 0 Å². The van der Waals surface area contributed by atoms with E-state index in [0.29, 0.717) is 22.7 Å². The first-order chi connectivity index (χ1) is 16.5. The van der Waals surface area contributed by atoms with Crippen LogP contribution in [-0.4, -0.2) is 55.3 Å². The van der Waals surface area contributed by atoms with Gasteiger partial charge >= 0.3 is 6.03 Å². The number of nitrogens with one attached hydrogen (secondary N) is 2. The average molecular weight is 496 g/mol. The number of carbonyl (C=O) groups is 4. The fourth-order valence-corrected chi connectivity index (χ4v) is 4.43. The number of carbonyl (C=O) groups excluding carboxylic acids is 4. The van der Waals surface area contributed by atoms with Gasteiger partial charge in [0.15, 0.2) is 5.78 Å². The van der Waals surface area contributed by atoms with Crippen LogP contribution in [0.25, 0.3) is 5.69 Å². The summed E-state index contributed by atoms with van der Waals surface area (Å²) in [6.45, 7) is 6.96. The predicted molar refractivity (Wildman–Crippen MR) is 127 cm³/mol. The van der Waals surface area contributed by atoms with Gasteiger partial charge in [-0.3, -0.25) is 19.3 Å². The maximum absolute atomic E-state index is 13.3. The molecule has 1 saturated heterocycles. The van der Waals surface area contributed by atoms with E-state index in [2.05, 4.69) is 26.2 Å². The summed E-state index contributed by atoms with van der Waals surface area (Å²) in [6.07, 6.45) is 1.42. The molecule has 0 saturated carbocycles. The van der Waals surface area contributed by atoms with Crippen molar-refractivity contribution < 1.29 is 19.2 Å². The van der Waals surface area contributed by atoms with Crippen molar-refractivity contribution in [3.63, 3.8) is 0 Å². The Kier molecular flexibility index (Phi) is 6.24. The molecule has 182 valence electrons. The van der Waals surface area contributed by atoms with E-state index in [-0.39, 0.29) is 18.2 Å². The third kappa shape index (κ3) is 4.83. The first-order valence-electron chi connectivity index (χ1n) is 10.9. The quantitative estimate of drug-likeness (QED) is 0.378. The van der Waals surface area contributed by atoms with Crippen molar-refractivity contribution in [3.05, 3.63) is 58.0 Å². The normalized spacial score (nSPS) is 18.0. The number of amides is 4. The molecule has 1 aromatic carbocycles. The highest BCUT2D eigenvalue weighted by Gasteiger charge is 2.49. The fourth-order valence-electron chi connectivity index (χ4n) is 3.55. The number of Topliss-reactive ketones (excluding diaryl/α,β-unsaturated/α-hetero) is 1. The number of hydrogen-bond acceptors (Lipinski definition) is 8. The monoisotopic (exact) mass is 495 g/mol. The van der Waals surface area contributed by atoms with Gasteiger partial charge in [0.05, 0.1) is 23.7 Å². The number of ketones is 1. The lowest BCUT2D eigenvalue weighted by molar-refractivity contribution is -0.131. The zero-order valence-corrected chi connectivity index (χ0v) is 20.5. The van der Waals surface area contributed by atoms with Crippen molar-refractivity contribution >= 4 is 35.0 Å². The van der Waals surface area contributed by atoms with E-state index in [0.717, 1.165) is 9.78 Å². The summed E-state index contributed by atoms with van der Waals surface area (Å²) in [5.74, 6) is -0.987. The largest absolute Gasteiger partial charge is 0.351 e. The molecule has 1 atom stereocenters. The fraction of sp³-hybridized carbons (Fsp3) is 0.348. The van der Waals surface area contributed by atoms with Gasteiger partial charge in [-0.2, -0.15) is 0 Å². The predicted octanol–water partition coefficient (Wildman–Crippen LogP) is 2.04. The highest BCUT2D eigenvalue weighted by atomic mass is 32.1. The number of benzene rings is 1. The zero-order chi connectivity index (χ0) is 25.4. The highest BCUT2D eigenvalue weighted by Crippen LogP contribution is 2.30. The van der Waals surface area contributed by atoms with Gasteiger partial charge in [-0.15, -0.1) is 16.4 Å². The summed E-state index contributed by atoms with van der Waals surface area (Å²) in [5.41, 5.74) is -0.710. The Bertz CT molecular complexity index is 1300. The molecule has 4 rings (SSSR count). The van der Waals surface area contributed by atoms with Crippen molar-refractivity contribution in [3.8, 4) is 5.69 Å². The van der Waals surface area contributed by atoms with E-state index in [1.54, 1.807) is 43.3 Å². The SMILES string of the molecule is CC(C)(C)C(=O)NCc1ccc(C(=O)CN2C(=O)N[C@](C)(c3cccc(-n4cnnn4)c3)C2=O)s1. The molecule has 0 unspecified atom stereocenters. The maximum atomic E-state index is 13.3. The van der Waals surface area contributed by atoms with E-state index in [1.165, 1.54) is 22.3 Å². The van der Waals surface area contributed by atoms with Crippen LogP contribution in [0.3, 0.4) is 0 Å². The topological polar surface area (TPSA) is 139 Å². The van der Waals surface area contributed by atoms with Gasteiger partial charge in [-0.05, 0) is 47.2 Å². The molecule has 3 heterocycles. The molecular weight excluding hydrogens is 470 g/mol. The second kappa shape index (κ2) is 9.02. The molecular formula is C23H25N7O4S. The van der Waals surface area contributed by atoms with Crippen LogP contribution >= 0.6 is 11.3 Å². The number of aromatic nitrogens is 4. The lowest BCUT2D eigenvalue weighted by Crippen LogP contribution is -2.41. The van der Waals surface area contributed by atoms with Gasteiger partial charge in [0.2, 0.25) is 5.91 Å². The van der Waals surface area contributed by atoms with E-state index < -0.39 is 22.9 Å². The third-order valence-electron chi connectivity index (χ3n) is 5.65. The van der Waals surface area contributed by atoms with E-state index in [1.807, 2.05) is 20.8 Å². The number of tetrazole rings is 1. The number of nitrogens with zero attached hydrogens (tertiary/aromatic N) is 5. The van der Waals surface area contributed by atoms with E-state index in [9.17, 15) is 19.2 Å². The molecule has 11 nitrogen and oxygen atoms in total. The zero-order valence-electron chi connectivity index (χ0n) is 19.7. The summed E-state index contributed by atoms with van der Waals surface area (Å²) in [5, 5.41) is 16.6. The number of hydrogen-bond donors (Lipinski definition) is 2. The van der Waals surface area contributed by atoms with Gasteiger partial charge in [0, 0.05) is 10.3 Å². The molecule has 0 spiro atoms. The van der Waals surface area contributed by atoms with E-state index in [4.69, 9.17) is 0 Å². The van der Waals surface area contributed by atoms with Crippen LogP contribution in [0.5, 0.6) is 0 Å². The van der Waals surface area contributed by atoms with Crippen LogP contribution in [0, 0.1) is 5.41 Å². The van der Waals surface area contributed by atoms with Gasteiger partial charge in [0.1, 0.15) is 11.9 Å². The Morgan fingerprint density at radius 3 is 2.63 bits per heavy atom. The minimum atomic E-state index is -1.35. The number of urea groups is 1. The van der Waals surface area contributed by atoms with Crippen molar-refractivity contribution in [1.29, 1.82) is 0 Å². The minimum absolute atomic E-state index is 0.0958. The summed E-state index contributed by atoms with van der Waals surface area (Å²) in [7, 11) is 0. The van der Waals surface area contributed by atoms with Crippen LogP contribution < -0.4 is 10.6 Å². The summed E-state index contributed by atoms with van der Waals surface area (Å²) >= 11 is 1.22. The molecule has 4 amide bonds. The van der Waals surface area contributed by atoms with Crippen molar-refractivity contribution in [2.45, 2.75) is 39.8 Å². The molecule has 2 N–H and O–H groups in total. The second-order valence-electron chi connectivity index (χ2n) is 9.37. The van der Waals surface area contributed by atoms with Crippen LogP contribution in [-0.2, 0) is 21.7 Å². The molecule has 0 aliphatic carbocycles. The van der Waals surface area contributed by atoms with Gasteiger partial charge < -0.3 is 10.6 Å². The molecule has 0 bridgehead atoms. The first-order valence-corrected chi connectivity index (χ1v) is 11.7. The molecule has 1 fully saturated rings. The molecule has 12 heteroatoms. The van der Waals surface area contributed by atoms with Gasteiger partial charge in [-0.1, -0.05) is 32.9 Å². The van der Waals surface area contributed by atoms with Crippen molar-refractivity contribution in [2.75, 3.05) is 6.54 Å². The minimum Gasteiger partial charge on any atom is -0.351 e.